The molecule has 0 unspecified atom stereocenters. The van der Waals surface area contributed by atoms with Crippen molar-refractivity contribution in [2.24, 2.45) is 0 Å². The number of sulfonamides is 1. The van der Waals surface area contributed by atoms with E-state index >= 15 is 0 Å². The third-order valence-corrected chi connectivity index (χ3v) is 5.41. The first-order valence-corrected chi connectivity index (χ1v) is 9.89. The van der Waals surface area contributed by atoms with E-state index in [0.29, 0.717) is 13.0 Å². The molecule has 2 N–H and O–H groups in total. The maximum atomic E-state index is 12.4. The van der Waals surface area contributed by atoms with E-state index in [-0.39, 0.29) is 22.9 Å². The van der Waals surface area contributed by atoms with Crippen molar-refractivity contribution >= 4 is 21.4 Å². The van der Waals surface area contributed by atoms with Gasteiger partial charge in [0.25, 0.3) is 5.69 Å². The first-order valence-electron chi connectivity index (χ1n) is 8.41. The van der Waals surface area contributed by atoms with Crippen LogP contribution < -0.4 is 10.0 Å². The Bertz CT molecular complexity index is 872. The van der Waals surface area contributed by atoms with Gasteiger partial charge in [-0.05, 0) is 31.0 Å². The Labute approximate surface area is 158 Å². The Balaban J connectivity index is 2.15. The van der Waals surface area contributed by atoms with E-state index in [1.165, 1.54) is 19.2 Å². The van der Waals surface area contributed by atoms with Crippen LogP contribution in [0.25, 0.3) is 0 Å². The molecule has 0 saturated carbocycles. The average Bonchev–Trinajstić information content (AvgIpc) is 2.62. The number of anilines is 1. The van der Waals surface area contributed by atoms with Gasteiger partial charge in [-0.3, -0.25) is 10.1 Å². The molecule has 0 fully saturated rings. The van der Waals surface area contributed by atoms with Crippen molar-refractivity contribution in [1.29, 1.82) is 0 Å². The van der Waals surface area contributed by atoms with Crippen LogP contribution in [0.5, 0.6) is 0 Å². The van der Waals surface area contributed by atoms with Crippen LogP contribution in [0.3, 0.4) is 0 Å². The second-order valence-electron chi connectivity index (χ2n) is 6.08. The zero-order valence-electron chi connectivity index (χ0n) is 15.2. The molecule has 0 aromatic heterocycles. The molecule has 0 spiro atoms. The molecule has 27 heavy (non-hydrogen) atoms. The van der Waals surface area contributed by atoms with Crippen molar-refractivity contribution in [2.75, 3.05) is 25.6 Å². The third-order valence-electron chi connectivity index (χ3n) is 3.82. The summed E-state index contributed by atoms with van der Waals surface area (Å²) >= 11 is 0. The molecule has 0 aliphatic rings. The summed E-state index contributed by atoms with van der Waals surface area (Å²) < 4.78 is 32.1. The monoisotopic (exact) mass is 393 g/mol. The predicted octanol–water partition coefficient (Wildman–Crippen LogP) is 2.56. The van der Waals surface area contributed by atoms with E-state index in [1.54, 1.807) is 6.92 Å². The van der Waals surface area contributed by atoms with Crippen LogP contribution in [0.15, 0.2) is 53.4 Å². The summed E-state index contributed by atoms with van der Waals surface area (Å²) in [6, 6.07) is 13.1. The molecular formula is C18H23N3O5S. The zero-order chi connectivity index (χ0) is 19.9. The summed E-state index contributed by atoms with van der Waals surface area (Å²) in [5, 5.41) is 14.4. The number of nitrogens with one attached hydrogen (secondary N) is 2. The SMILES string of the molecule is COC[C@H](C)NS(=O)(=O)c1ccc(NCCc2ccccc2)c([N+](=O)[O-])c1. The number of hydrogen-bond donors (Lipinski definition) is 2. The van der Waals surface area contributed by atoms with Crippen LogP contribution in [-0.4, -0.2) is 39.6 Å². The van der Waals surface area contributed by atoms with Gasteiger partial charge in [0.05, 0.1) is 16.4 Å². The maximum Gasteiger partial charge on any atom is 0.293 e. The molecule has 0 aliphatic carbocycles. The van der Waals surface area contributed by atoms with Gasteiger partial charge in [-0.2, -0.15) is 0 Å². The molecule has 8 nitrogen and oxygen atoms in total. The summed E-state index contributed by atoms with van der Waals surface area (Å²) in [6.07, 6.45) is 0.689. The minimum absolute atomic E-state index is 0.161. The standard InChI is InChI=1S/C18H23N3O5S/c1-14(13-26-2)20-27(24,25)16-8-9-17(18(12-16)21(22)23)19-11-10-15-6-4-3-5-7-15/h3-9,12,14,19-20H,10-11,13H2,1-2H3/t14-/m0/s1. The van der Waals surface area contributed by atoms with Crippen molar-refractivity contribution in [1.82, 2.24) is 4.72 Å². The first-order chi connectivity index (χ1) is 12.8. The van der Waals surface area contributed by atoms with Gasteiger partial charge in [0, 0.05) is 25.8 Å². The highest BCUT2D eigenvalue weighted by molar-refractivity contribution is 7.89. The van der Waals surface area contributed by atoms with Gasteiger partial charge in [-0.1, -0.05) is 30.3 Å². The molecule has 146 valence electrons. The molecule has 1 atom stereocenters. The van der Waals surface area contributed by atoms with Crippen LogP contribution in [0, 0.1) is 10.1 Å². The predicted molar refractivity (Wildman–Crippen MR) is 103 cm³/mol. The number of ether oxygens (including phenoxy) is 1. The molecule has 0 bridgehead atoms. The van der Waals surface area contributed by atoms with Crippen LogP contribution in [-0.2, 0) is 21.2 Å². The molecule has 0 heterocycles. The molecular weight excluding hydrogens is 370 g/mol. The highest BCUT2D eigenvalue weighted by atomic mass is 32.2. The smallest absolute Gasteiger partial charge is 0.293 e. The average molecular weight is 393 g/mol. The lowest BCUT2D eigenvalue weighted by molar-refractivity contribution is -0.384. The highest BCUT2D eigenvalue weighted by Gasteiger charge is 2.22. The molecule has 2 aromatic rings. The lowest BCUT2D eigenvalue weighted by Gasteiger charge is -2.14. The van der Waals surface area contributed by atoms with Crippen molar-refractivity contribution in [2.45, 2.75) is 24.3 Å². The molecule has 0 aliphatic heterocycles. The Morgan fingerprint density at radius 1 is 1.19 bits per heavy atom. The van der Waals surface area contributed by atoms with Crippen LogP contribution in [0.4, 0.5) is 11.4 Å². The van der Waals surface area contributed by atoms with Gasteiger partial charge in [0.15, 0.2) is 0 Å². The van der Waals surface area contributed by atoms with Crippen molar-refractivity contribution in [3.05, 3.63) is 64.2 Å². The fourth-order valence-electron chi connectivity index (χ4n) is 2.58. The van der Waals surface area contributed by atoms with E-state index in [2.05, 4.69) is 10.0 Å². The van der Waals surface area contributed by atoms with E-state index in [0.717, 1.165) is 11.6 Å². The fraction of sp³-hybridized carbons (Fsp3) is 0.333. The van der Waals surface area contributed by atoms with E-state index in [4.69, 9.17) is 4.74 Å². The van der Waals surface area contributed by atoms with Crippen molar-refractivity contribution in [3.63, 3.8) is 0 Å². The van der Waals surface area contributed by atoms with Gasteiger partial charge in [0.2, 0.25) is 10.0 Å². The van der Waals surface area contributed by atoms with Crippen LogP contribution >= 0.6 is 0 Å². The largest absolute Gasteiger partial charge is 0.383 e. The number of nitrogens with zero attached hydrogens (tertiary/aromatic N) is 1. The van der Waals surface area contributed by atoms with E-state index < -0.39 is 21.0 Å². The lowest BCUT2D eigenvalue weighted by atomic mass is 10.1. The number of nitro benzene ring substituents is 1. The Kier molecular flexibility index (Phi) is 7.28. The summed E-state index contributed by atoms with van der Waals surface area (Å²) in [4.78, 5) is 10.6. The number of benzene rings is 2. The van der Waals surface area contributed by atoms with Crippen LogP contribution in [0.1, 0.15) is 12.5 Å². The molecule has 2 aromatic carbocycles. The first kappa shape index (κ1) is 20.8. The zero-order valence-corrected chi connectivity index (χ0v) is 16.0. The summed E-state index contributed by atoms with van der Waals surface area (Å²) in [5.74, 6) is 0. The second-order valence-corrected chi connectivity index (χ2v) is 7.79. The minimum Gasteiger partial charge on any atom is -0.383 e. The van der Waals surface area contributed by atoms with Crippen molar-refractivity contribution < 1.29 is 18.1 Å². The molecule has 0 saturated heterocycles. The van der Waals surface area contributed by atoms with E-state index in [1.807, 2.05) is 30.3 Å². The topological polar surface area (TPSA) is 111 Å². The maximum absolute atomic E-state index is 12.4. The molecule has 2 rings (SSSR count). The van der Waals surface area contributed by atoms with Gasteiger partial charge < -0.3 is 10.1 Å². The molecule has 9 heteroatoms. The number of methoxy groups -OCH3 is 1. The summed E-state index contributed by atoms with van der Waals surface area (Å²) in [6.45, 7) is 2.33. The normalized spacial score (nSPS) is 12.5. The quantitative estimate of drug-likeness (QED) is 0.474. The Morgan fingerprint density at radius 3 is 2.52 bits per heavy atom. The third kappa shape index (κ3) is 6.02. The van der Waals surface area contributed by atoms with Gasteiger partial charge in [-0.15, -0.1) is 0 Å². The number of rotatable bonds is 10. The minimum atomic E-state index is -3.88. The number of hydrogen-bond acceptors (Lipinski definition) is 6. The Hall–Kier alpha value is -2.49. The highest BCUT2D eigenvalue weighted by Crippen LogP contribution is 2.27. The summed E-state index contributed by atoms with van der Waals surface area (Å²) in [5.41, 5.74) is 1.09. The van der Waals surface area contributed by atoms with Crippen LogP contribution in [0.2, 0.25) is 0 Å². The fourth-order valence-corrected chi connectivity index (χ4v) is 3.83. The molecule has 0 radical (unpaired) electrons. The Morgan fingerprint density at radius 2 is 1.89 bits per heavy atom. The number of nitro groups is 1. The van der Waals surface area contributed by atoms with Crippen molar-refractivity contribution in [3.8, 4) is 0 Å². The molecule has 0 amide bonds. The lowest BCUT2D eigenvalue weighted by Crippen LogP contribution is -2.35. The second kappa shape index (κ2) is 9.45. The summed E-state index contributed by atoms with van der Waals surface area (Å²) in [7, 11) is -2.42. The van der Waals surface area contributed by atoms with E-state index in [9.17, 15) is 18.5 Å². The van der Waals surface area contributed by atoms with Gasteiger partial charge >= 0.3 is 0 Å². The van der Waals surface area contributed by atoms with Gasteiger partial charge in [-0.25, -0.2) is 13.1 Å². The van der Waals surface area contributed by atoms with Gasteiger partial charge in [0.1, 0.15) is 5.69 Å².